The van der Waals surface area contributed by atoms with Crippen molar-refractivity contribution >= 4 is 23.6 Å². The fourth-order valence-electron chi connectivity index (χ4n) is 3.18. The molecular formula is C19H19N3O7. The molecule has 1 amide bonds. The van der Waals surface area contributed by atoms with Gasteiger partial charge in [0.05, 0.1) is 23.8 Å². The van der Waals surface area contributed by atoms with Crippen LogP contribution in [0.25, 0.3) is 6.08 Å². The predicted octanol–water partition coefficient (Wildman–Crippen LogP) is 2.47. The molecule has 0 aliphatic carbocycles. The van der Waals surface area contributed by atoms with Crippen LogP contribution in [0, 0.1) is 22.0 Å². The molecule has 0 bridgehead atoms. The summed E-state index contributed by atoms with van der Waals surface area (Å²) in [5.74, 6) is -1.41. The molecule has 0 radical (unpaired) electrons. The smallest absolute Gasteiger partial charge is 0.373 e. The molecule has 1 N–H and O–H groups in total. The number of benzene rings is 1. The van der Waals surface area contributed by atoms with Gasteiger partial charge in [-0.15, -0.1) is 0 Å². The number of hydrogen-bond donors (Lipinski definition) is 1. The first kappa shape index (κ1) is 20.1. The quantitative estimate of drug-likeness (QED) is 0.526. The molecule has 0 saturated carbocycles. The Morgan fingerprint density at radius 1 is 1.52 bits per heavy atom. The number of likely N-dealkylation sites (tertiary alicyclic amines) is 1. The first-order chi connectivity index (χ1) is 13.8. The molecule has 1 fully saturated rings. The standard InChI is InChI=1S/C19H19N3O7/c1-21-10-12(11-28-14-5-2-4-13(8-14)22(26)27)15(18(21)23)6-3-7-17-20-9-16(29-17)19(24)25/h2-5,7-9,12,15H,6,10-11H2,1H3,(H,24,25)/b7-3-/t12?,15-/m1/s1. The van der Waals surface area contributed by atoms with E-state index in [1.165, 1.54) is 18.2 Å². The largest absolute Gasteiger partial charge is 0.493 e. The van der Waals surface area contributed by atoms with Crippen molar-refractivity contribution < 1.29 is 28.8 Å². The molecular weight excluding hydrogens is 382 g/mol. The van der Waals surface area contributed by atoms with Gasteiger partial charge in [-0.25, -0.2) is 9.78 Å². The third-order valence-corrected chi connectivity index (χ3v) is 4.65. The van der Waals surface area contributed by atoms with E-state index in [-0.39, 0.29) is 41.7 Å². The minimum Gasteiger partial charge on any atom is -0.493 e. The summed E-state index contributed by atoms with van der Waals surface area (Å²) in [6.07, 6.45) is 4.75. The van der Waals surface area contributed by atoms with E-state index in [9.17, 15) is 19.7 Å². The zero-order valence-corrected chi connectivity index (χ0v) is 15.6. The monoisotopic (exact) mass is 401 g/mol. The van der Waals surface area contributed by atoms with Crippen LogP contribution in [0.4, 0.5) is 5.69 Å². The number of hydrogen-bond acceptors (Lipinski definition) is 7. The second kappa shape index (κ2) is 8.55. The Kier molecular flexibility index (Phi) is 5.91. The summed E-state index contributed by atoms with van der Waals surface area (Å²) in [5, 5.41) is 19.7. The molecule has 10 nitrogen and oxygen atoms in total. The molecule has 2 heterocycles. The molecule has 1 saturated heterocycles. The number of rotatable bonds is 8. The third kappa shape index (κ3) is 4.78. The maximum atomic E-state index is 12.4. The van der Waals surface area contributed by atoms with E-state index in [0.29, 0.717) is 18.7 Å². The Balaban J connectivity index is 1.62. The summed E-state index contributed by atoms with van der Waals surface area (Å²) >= 11 is 0. The van der Waals surface area contributed by atoms with Crippen molar-refractivity contribution in [2.45, 2.75) is 6.42 Å². The normalized spacial score (nSPS) is 19.1. The summed E-state index contributed by atoms with van der Waals surface area (Å²) in [6.45, 7) is 0.742. The Labute approximate surface area is 165 Å². The predicted molar refractivity (Wildman–Crippen MR) is 100 cm³/mol. The first-order valence-electron chi connectivity index (χ1n) is 8.83. The minimum absolute atomic E-state index is 0.0269. The number of carbonyl (C=O) groups excluding carboxylic acids is 1. The number of amides is 1. The molecule has 1 aliphatic heterocycles. The Morgan fingerprint density at radius 2 is 2.31 bits per heavy atom. The van der Waals surface area contributed by atoms with Crippen LogP contribution in [-0.2, 0) is 4.79 Å². The third-order valence-electron chi connectivity index (χ3n) is 4.65. The SMILES string of the molecule is CN1CC(COc2cccc([N+](=O)[O-])c2)[C@@H](C/C=C\c2ncc(C(=O)O)o2)C1=O. The second-order valence-electron chi connectivity index (χ2n) is 6.66. The van der Waals surface area contributed by atoms with E-state index in [0.717, 1.165) is 6.20 Å². The van der Waals surface area contributed by atoms with Crippen LogP contribution in [0.15, 0.2) is 41.0 Å². The number of aromatic nitrogens is 1. The van der Waals surface area contributed by atoms with Gasteiger partial charge in [0.2, 0.25) is 17.6 Å². The van der Waals surface area contributed by atoms with E-state index in [1.807, 2.05) is 0 Å². The summed E-state index contributed by atoms with van der Waals surface area (Å²) in [5.41, 5.74) is -0.0618. The Hall–Kier alpha value is -3.69. The number of nitro groups is 1. The molecule has 10 heteroatoms. The van der Waals surface area contributed by atoms with Crippen molar-refractivity contribution in [3.8, 4) is 5.75 Å². The summed E-state index contributed by atoms with van der Waals surface area (Å²) in [6, 6.07) is 5.90. The van der Waals surface area contributed by atoms with Gasteiger partial charge in [0.1, 0.15) is 5.75 Å². The lowest BCUT2D eigenvalue weighted by atomic mass is 9.93. The molecule has 29 heavy (non-hydrogen) atoms. The highest BCUT2D eigenvalue weighted by Gasteiger charge is 2.38. The number of allylic oxidation sites excluding steroid dienone is 1. The molecule has 1 aromatic heterocycles. The zero-order chi connectivity index (χ0) is 21.0. The van der Waals surface area contributed by atoms with Crippen LogP contribution in [0.3, 0.4) is 0 Å². The van der Waals surface area contributed by atoms with Gasteiger partial charge in [0, 0.05) is 31.5 Å². The number of ether oxygens (including phenoxy) is 1. The van der Waals surface area contributed by atoms with Crippen LogP contribution in [0.5, 0.6) is 5.75 Å². The van der Waals surface area contributed by atoms with E-state index < -0.39 is 10.9 Å². The maximum Gasteiger partial charge on any atom is 0.373 e. The van der Waals surface area contributed by atoms with E-state index in [4.69, 9.17) is 14.3 Å². The topological polar surface area (TPSA) is 136 Å². The summed E-state index contributed by atoms with van der Waals surface area (Å²) in [4.78, 5) is 39.1. The van der Waals surface area contributed by atoms with Crippen LogP contribution in [0.1, 0.15) is 22.9 Å². The van der Waals surface area contributed by atoms with Gasteiger partial charge in [-0.2, -0.15) is 0 Å². The molecule has 1 aromatic carbocycles. The Morgan fingerprint density at radius 3 is 3.00 bits per heavy atom. The van der Waals surface area contributed by atoms with Crippen LogP contribution < -0.4 is 4.74 Å². The molecule has 1 unspecified atom stereocenters. The van der Waals surface area contributed by atoms with E-state index >= 15 is 0 Å². The van der Waals surface area contributed by atoms with Gasteiger partial charge in [-0.05, 0) is 18.6 Å². The van der Waals surface area contributed by atoms with Gasteiger partial charge in [0.25, 0.3) is 5.69 Å². The van der Waals surface area contributed by atoms with Gasteiger partial charge in [-0.1, -0.05) is 12.1 Å². The number of nitro benzene ring substituents is 1. The number of carbonyl (C=O) groups is 2. The van der Waals surface area contributed by atoms with Crippen molar-refractivity contribution in [2.24, 2.45) is 11.8 Å². The molecule has 0 spiro atoms. The molecule has 2 atom stereocenters. The zero-order valence-electron chi connectivity index (χ0n) is 15.6. The Bertz CT molecular complexity index is 953. The number of nitrogens with zero attached hydrogens (tertiary/aromatic N) is 3. The van der Waals surface area contributed by atoms with Gasteiger partial charge in [-0.3, -0.25) is 14.9 Å². The average molecular weight is 401 g/mol. The average Bonchev–Trinajstić information content (AvgIpc) is 3.27. The molecule has 3 rings (SSSR count). The summed E-state index contributed by atoms with van der Waals surface area (Å²) < 4.78 is 10.7. The minimum atomic E-state index is -1.21. The second-order valence-corrected chi connectivity index (χ2v) is 6.66. The van der Waals surface area contributed by atoms with Gasteiger partial charge in [0.15, 0.2) is 0 Å². The number of non-ortho nitro benzene ring substituents is 1. The highest BCUT2D eigenvalue weighted by molar-refractivity contribution is 5.84. The van der Waals surface area contributed by atoms with Crippen molar-refractivity contribution in [1.29, 1.82) is 0 Å². The molecule has 1 aliphatic rings. The fourth-order valence-corrected chi connectivity index (χ4v) is 3.18. The van der Waals surface area contributed by atoms with Gasteiger partial charge < -0.3 is 19.2 Å². The highest BCUT2D eigenvalue weighted by Crippen LogP contribution is 2.29. The fraction of sp³-hybridized carbons (Fsp3) is 0.316. The van der Waals surface area contributed by atoms with Crippen molar-refractivity contribution in [3.05, 3.63) is 58.3 Å². The highest BCUT2D eigenvalue weighted by atomic mass is 16.6. The lowest BCUT2D eigenvalue weighted by molar-refractivity contribution is -0.384. The van der Waals surface area contributed by atoms with Gasteiger partial charge >= 0.3 is 5.97 Å². The lowest BCUT2D eigenvalue weighted by Crippen LogP contribution is -2.22. The first-order valence-corrected chi connectivity index (χ1v) is 8.83. The van der Waals surface area contributed by atoms with Crippen molar-refractivity contribution in [2.75, 3.05) is 20.2 Å². The number of oxazole rings is 1. The van der Waals surface area contributed by atoms with Crippen molar-refractivity contribution in [1.82, 2.24) is 9.88 Å². The van der Waals surface area contributed by atoms with Crippen LogP contribution >= 0.6 is 0 Å². The van der Waals surface area contributed by atoms with E-state index in [1.54, 1.807) is 30.2 Å². The summed E-state index contributed by atoms with van der Waals surface area (Å²) in [7, 11) is 1.71. The number of carboxylic acid groups (broad SMARTS) is 1. The number of aromatic carboxylic acids is 1. The lowest BCUT2D eigenvalue weighted by Gasteiger charge is -2.16. The molecule has 152 valence electrons. The van der Waals surface area contributed by atoms with E-state index in [2.05, 4.69) is 4.98 Å². The van der Waals surface area contributed by atoms with Crippen LogP contribution in [0.2, 0.25) is 0 Å². The van der Waals surface area contributed by atoms with Crippen molar-refractivity contribution in [3.63, 3.8) is 0 Å². The maximum absolute atomic E-state index is 12.4. The van der Waals surface area contributed by atoms with Crippen LogP contribution in [-0.4, -0.2) is 52.0 Å². The number of carboxylic acids is 1. The molecule has 2 aromatic rings.